The van der Waals surface area contributed by atoms with E-state index in [0.29, 0.717) is 11.5 Å². The number of rotatable bonds is 6. The van der Waals surface area contributed by atoms with Crippen LogP contribution in [0.4, 0.5) is 10.5 Å². The molecule has 7 heteroatoms. The Morgan fingerprint density at radius 1 is 0.966 bits per heavy atom. The molecule has 1 atom stereocenters. The molecule has 0 fully saturated rings. The lowest BCUT2D eigenvalue weighted by Crippen LogP contribution is -2.31. The summed E-state index contributed by atoms with van der Waals surface area (Å²) in [4.78, 5) is 27.8. The maximum Gasteiger partial charge on any atom is 0.319 e. The highest BCUT2D eigenvalue weighted by Crippen LogP contribution is 2.23. The SMILES string of the molecule is CNC(=O)c1cc(Oc2ccc(C(C)NC(=O)Nc3ccccc3)cc2)ccn1. The van der Waals surface area contributed by atoms with Gasteiger partial charge in [-0.25, -0.2) is 4.79 Å². The van der Waals surface area contributed by atoms with E-state index in [1.807, 2.05) is 61.5 Å². The van der Waals surface area contributed by atoms with Crippen LogP contribution in [0.5, 0.6) is 11.5 Å². The minimum absolute atomic E-state index is 0.187. The number of aromatic nitrogens is 1. The maximum atomic E-state index is 12.1. The Kier molecular flexibility index (Phi) is 6.42. The third-order valence-electron chi connectivity index (χ3n) is 4.19. The first-order valence-corrected chi connectivity index (χ1v) is 9.13. The summed E-state index contributed by atoms with van der Waals surface area (Å²) >= 11 is 0. The number of amides is 3. The highest BCUT2D eigenvalue weighted by molar-refractivity contribution is 5.92. The summed E-state index contributed by atoms with van der Waals surface area (Å²) in [6.07, 6.45) is 1.52. The largest absolute Gasteiger partial charge is 0.457 e. The van der Waals surface area contributed by atoms with E-state index in [1.165, 1.54) is 6.20 Å². The van der Waals surface area contributed by atoms with E-state index < -0.39 is 0 Å². The van der Waals surface area contributed by atoms with Crippen molar-refractivity contribution in [3.05, 3.63) is 84.2 Å². The zero-order valence-electron chi connectivity index (χ0n) is 16.2. The molecule has 3 N–H and O–H groups in total. The fraction of sp³-hybridized carbons (Fsp3) is 0.136. The quantitative estimate of drug-likeness (QED) is 0.590. The number of carbonyl (C=O) groups is 2. The number of nitrogens with one attached hydrogen (secondary N) is 3. The molecule has 7 nitrogen and oxygen atoms in total. The number of hydrogen-bond donors (Lipinski definition) is 3. The smallest absolute Gasteiger partial charge is 0.319 e. The van der Waals surface area contributed by atoms with Crippen LogP contribution >= 0.6 is 0 Å². The standard InChI is InChI=1S/C22H22N4O3/c1-15(25-22(28)26-17-6-4-3-5-7-17)16-8-10-18(11-9-16)29-19-12-13-24-20(14-19)21(27)23-2/h3-15H,1-2H3,(H,23,27)(H2,25,26,28). The molecule has 0 aliphatic rings. The summed E-state index contributed by atoms with van der Waals surface area (Å²) in [5.74, 6) is 0.850. The van der Waals surface area contributed by atoms with Crippen LogP contribution in [0.25, 0.3) is 0 Å². The molecule has 1 unspecified atom stereocenters. The summed E-state index contributed by atoms with van der Waals surface area (Å²) < 4.78 is 5.79. The molecule has 2 aromatic carbocycles. The van der Waals surface area contributed by atoms with Crippen molar-refractivity contribution in [1.29, 1.82) is 0 Å². The van der Waals surface area contributed by atoms with Gasteiger partial charge in [-0.05, 0) is 42.8 Å². The van der Waals surface area contributed by atoms with Gasteiger partial charge in [0.2, 0.25) is 0 Å². The van der Waals surface area contributed by atoms with E-state index >= 15 is 0 Å². The van der Waals surface area contributed by atoms with Gasteiger partial charge in [-0.1, -0.05) is 30.3 Å². The number of anilines is 1. The number of benzene rings is 2. The topological polar surface area (TPSA) is 92.4 Å². The highest BCUT2D eigenvalue weighted by Gasteiger charge is 2.11. The molecule has 148 valence electrons. The fourth-order valence-electron chi connectivity index (χ4n) is 2.66. The number of nitrogens with zero attached hydrogens (tertiary/aromatic N) is 1. The van der Waals surface area contributed by atoms with Gasteiger partial charge in [-0.3, -0.25) is 9.78 Å². The van der Waals surface area contributed by atoms with E-state index in [-0.39, 0.29) is 23.7 Å². The van der Waals surface area contributed by atoms with Crippen LogP contribution in [0, 0.1) is 0 Å². The molecular formula is C22H22N4O3. The van der Waals surface area contributed by atoms with Crippen molar-refractivity contribution in [3.63, 3.8) is 0 Å². The molecule has 0 saturated carbocycles. The Morgan fingerprint density at radius 3 is 2.38 bits per heavy atom. The first-order valence-electron chi connectivity index (χ1n) is 9.13. The van der Waals surface area contributed by atoms with Crippen molar-refractivity contribution in [2.75, 3.05) is 12.4 Å². The van der Waals surface area contributed by atoms with E-state index in [1.54, 1.807) is 19.2 Å². The Hall–Kier alpha value is -3.87. The normalized spacial score (nSPS) is 11.2. The van der Waals surface area contributed by atoms with Crippen LogP contribution in [-0.4, -0.2) is 24.0 Å². The third-order valence-corrected chi connectivity index (χ3v) is 4.19. The lowest BCUT2D eigenvalue weighted by Gasteiger charge is -2.16. The molecule has 3 rings (SSSR count). The second-order valence-electron chi connectivity index (χ2n) is 6.31. The number of urea groups is 1. The van der Waals surface area contributed by atoms with E-state index in [2.05, 4.69) is 20.9 Å². The van der Waals surface area contributed by atoms with Crippen molar-refractivity contribution in [3.8, 4) is 11.5 Å². The monoisotopic (exact) mass is 390 g/mol. The number of pyridine rings is 1. The molecule has 0 bridgehead atoms. The fourth-order valence-corrected chi connectivity index (χ4v) is 2.66. The number of para-hydroxylation sites is 1. The molecule has 1 aromatic heterocycles. The van der Waals surface area contributed by atoms with Crippen LogP contribution in [-0.2, 0) is 0 Å². The molecule has 29 heavy (non-hydrogen) atoms. The molecule has 0 aliphatic carbocycles. The van der Waals surface area contributed by atoms with Crippen molar-refractivity contribution >= 4 is 17.6 Å². The molecular weight excluding hydrogens is 368 g/mol. The lowest BCUT2D eigenvalue weighted by molar-refractivity contribution is 0.0958. The minimum atomic E-state index is -0.278. The van der Waals surface area contributed by atoms with Crippen LogP contribution < -0.4 is 20.7 Å². The predicted octanol–water partition coefficient (Wildman–Crippen LogP) is 4.12. The Morgan fingerprint density at radius 2 is 1.69 bits per heavy atom. The van der Waals surface area contributed by atoms with Gasteiger partial charge in [0.25, 0.3) is 5.91 Å². The molecule has 0 spiro atoms. The summed E-state index contributed by atoms with van der Waals surface area (Å²) in [7, 11) is 1.55. The zero-order valence-corrected chi connectivity index (χ0v) is 16.2. The van der Waals surface area contributed by atoms with Crippen molar-refractivity contribution in [2.45, 2.75) is 13.0 Å². The summed E-state index contributed by atoms with van der Waals surface area (Å²) in [5, 5.41) is 8.22. The molecule has 0 saturated heterocycles. The van der Waals surface area contributed by atoms with E-state index in [9.17, 15) is 9.59 Å². The van der Waals surface area contributed by atoms with Gasteiger partial charge in [0.1, 0.15) is 17.2 Å². The van der Waals surface area contributed by atoms with E-state index in [4.69, 9.17) is 4.74 Å². The molecule has 0 radical (unpaired) electrons. The molecule has 0 aliphatic heterocycles. The molecule has 3 aromatic rings. The van der Waals surface area contributed by atoms with Crippen LogP contribution in [0.15, 0.2) is 72.9 Å². The zero-order chi connectivity index (χ0) is 20.6. The van der Waals surface area contributed by atoms with Crippen LogP contribution in [0.2, 0.25) is 0 Å². The number of carbonyl (C=O) groups excluding carboxylic acids is 2. The second-order valence-corrected chi connectivity index (χ2v) is 6.31. The average Bonchev–Trinajstić information content (AvgIpc) is 2.74. The molecule has 3 amide bonds. The maximum absolute atomic E-state index is 12.1. The molecule has 1 heterocycles. The van der Waals surface area contributed by atoms with Gasteiger partial charge >= 0.3 is 6.03 Å². The van der Waals surface area contributed by atoms with Crippen LogP contribution in [0.1, 0.15) is 29.0 Å². The Bertz CT molecular complexity index is 975. The summed E-state index contributed by atoms with van der Waals surface area (Å²) in [6.45, 7) is 1.90. The van der Waals surface area contributed by atoms with Gasteiger partial charge < -0.3 is 20.7 Å². The number of ether oxygens (including phenoxy) is 1. The van der Waals surface area contributed by atoms with Gasteiger partial charge in [-0.2, -0.15) is 0 Å². The first-order chi connectivity index (χ1) is 14.0. The Balaban J connectivity index is 1.59. The average molecular weight is 390 g/mol. The first kappa shape index (κ1) is 19.9. The van der Waals surface area contributed by atoms with Gasteiger partial charge in [0, 0.05) is 25.0 Å². The summed E-state index contributed by atoms with van der Waals surface area (Å²) in [6, 6.07) is 19.4. The van der Waals surface area contributed by atoms with E-state index in [0.717, 1.165) is 11.3 Å². The van der Waals surface area contributed by atoms with Gasteiger partial charge in [0.05, 0.1) is 6.04 Å². The predicted molar refractivity (Wildman–Crippen MR) is 111 cm³/mol. The lowest BCUT2D eigenvalue weighted by atomic mass is 10.1. The van der Waals surface area contributed by atoms with Crippen molar-refractivity contribution < 1.29 is 14.3 Å². The van der Waals surface area contributed by atoms with Crippen molar-refractivity contribution in [2.24, 2.45) is 0 Å². The second kappa shape index (κ2) is 9.36. The number of hydrogen-bond acceptors (Lipinski definition) is 4. The Labute approximate surface area is 169 Å². The van der Waals surface area contributed by atoms with Gasteiger partial charge in [0.15, 0.2) is 0 Å². The van der Waals surface area contributed by atoms with Crippen LogP contribution in [0.3, 0.4) is 0 Å². The highest BCUT2D eigenvalue weighted by atomic mass is 16.5. The van der Waals surface area contributed by atoms with Gasteiger partial charge in [-0.15, -0.1) is 0 Å². The van der Waals surface area contributed by atoms with Crippen molar-refractivity contribution in [1.82, 2.24) is 15.6 Å². The third kappa shape index (κ3) is 5.55. The minimum Gasteiger partial charge on any atom is -0.457 e. The summed E-state index contributed by atoms with van der Waals surface area (Å²) in [5.41, 5.74) is 1.94.